The molecule has 9 heteroatoms. The Hall–Kier alpha value is -2.16. The van der Waals surface area contributed by atoms with E-state index in [1.54, 1.807) is 31.2 Å². The van der Waals surface area contributed by atoms with Crippen molar-refractivity contribution in [3.63, 3.8) is 0 Å². The Labute approximate surface area is 195 Å². The number of hydrogen-bond donors (Lipinski definition) is 0. The summed E-state index contributed by atoms with van der Waals surface area (Å²) in [5.41, 5.74) is 0.960. The van der Waals surface area contributed by atoms with E-state index in [1.807, 2.05) is 13.0 Å². The Morgan fingerprint density at radius 2 is 2.07 bits per heavy atom. The summed E-state index contributed by atoms with van der Waals surface area (Å²) in [5.74, 6) is 1.34. The van der Waals surface area contributed by atoms with E-state index < -0.39 is 0 Å². The highest BCUT2D eigenvalue weighted by atomic mass is 79.9. The third-order valence-electron chi connectivity index (χ3n) is 4.08. The van der Waals surface area contributed by atoms with Crippen molar-refractivity contribution in [2.45, 2.75) is 13.8 Å². The van der Waals surface area contributed by atoms with Gasteiger partial charge in [-0.3, -0.25) is 4.79 Å². The van der Waals surface area contributed by atoms with Crippen molar-refractivity contribution in [2.24, 2.45) is 5.10 Å². The lowest BCUT2D eigenvalue weighted by molar-refractivity contribution is 0.297. The van der Waals surface area contributed by atoms with Crippen molar-refractivity contribution in [3.05, 3.63) is 72.6 Å². The number of aryl methyl sites for hydroxylation is 1. The first-order valence-electron chi connectivity index (χ1n) is 8.99. The second-order valence-corrected chi connectivity index (χ2v) is 8.22. The molecule has 0 atom stereocenters. The molecule has 0 N–H and O–H groups in total. The van der Waals surface area contributed by atoms with Gasteiger partial charge >= 0.3 is 0 Å². The summed E-state index contributed by atoms with van der Waals surface area (Å²) in [5, 5.41) is 5.16. The van der Waals surface area contributed by atoms with Crippen LogP contribution in [0.2, 0.25) is 5.02 Å². The van der Waals surface area contributed by atoms with Crippen LogP contribution in [0.1, 0.15) is 18.3 Å². The third kappa shape index (κ3) is 4.61. The van der Waals surface area contributed by atoms with Crippen molar-refractivity contribution in [1.82, 2.24) is 9.66 Å². The number of nitrogens with zero attached hydrogens (tertiary/aromatic N) is 3. The fourth-order valence-electron chi connectivity index (χ4n) is 2.75. The SMILES string of the molecule is C=CCOc1c(OCC)cc(C=Nn2c(C)nc3ccc(Br)cc3c2=O)c(Br)c1Cl. The predicted octanol–water partition coefficient (Wildman–Crippen LogP) is 5.73. The van der Waals surface area contributed by atoms with E-state index in [0.29, 0.717) is 49.9 Å². The zero-order valence-electron chi connectivity index (χ0n) is 16.3. The molecule has 0 saturated carbocycles. The lowest BCUT2D eigenvalue weighted by Crippen LogP contribution is -2.20. The minimum absolute atomic E-state index is 0.270. The minimum atomic E-state index is -0.270. The maximum Gasteiger partial charge on any atom is 0.282 e. The van der Waals surface area contributed by atoms with Crippen LogP contribution in [-0.2, 0) is 0 Å². The molecule has 2 aromatic carbocycles. The lowest BCUT2D eigenvalue weighted by atomic mass is 10.2. The normalized spacial score (nSPS) is 11.2. The zero-order valence-corrected chi connectivity index (χ0v) is 20.2. The maximum absolute atomic E-state index is 12.9. The molecule has 0 spiro atoms. The summed E-state index contributed by atoms with van der Waals surface area (Å²) in [6, 6.07) is 7.09. The van der Waals surface area contributed by atoms with Crippen LogP contribution in [0.25, 0.3) is 10.9 Å². The summed E-state index contributed by atoms with van der Waals surface area (Å²) < 4.78 is 13.9. The molecule has 0 saturated heterocycles. The first kappa shape index (κ1) is 22.5. The van der Waals surface area contributed by atoms with Crippen LogP contribution in [0.15, 0.2) is 55.8 Å². The van der Waals surface area contributed by atoms with Crippen LogP contribution in [0.5, 0.6) is 11.5 Å². The molecular formula is C21H18Br2ClN3O3. The van der Waals surface area contributed by atoms with Crippen molar-refractivity contribution >= 4 is 60.6 Å². The number of ether oxygens (including phenoxy) is 2. The molecule has 0 radical (unpaired) electrons. The second kappa shape index (κ2) is 9.76. The van der Waals surface area contributed by atoms with Gasteiger partial charge in [-0.15, -0.1) is 0 Å². The van der Waals surface area contributed by atoms with Gasteiger partial charge in [0, 0.05) is 14.5 Å². The van der Waals surface area contributed by atoms with E-state index in [-0.39, 0.29) is 12.2 Å². The van der Waals surface area contributed by atoms with Crippen molar-refractivity contribution < 1.29 is 9.47 Å². The smallest absolute Gasteiger partial charge is 0.282 e. The number of halogens is 3. The molecule has 1 heterocycles. The molecule has 1 aromatic heterocycles. The Morgan fingerprint density at radius 1 is 1.30 bits per heavy atom. The molecule has 0 bridgehead atoms. The molecule has 0 amide bonds. The Morgan fingerprint density at radius 3 is 2.77 bits per heavy atom. The van der Waals surface area contributed by atoms with Gasteiger partial charge in [-0.1, -0.05) is 40.2 Å². The van der Waals surface area contributed by atoms with E-state index in [1.165, 1.54) is 10.9 Å². The van der Waals surface area contributed by atoms with E-state index in [0.717, 1.165) is 4.47 Å². The van der Waals surface area contributed by atoms with Crippen LogP contribution < -0.4 is 15.0 Å². The minimum Gasteiger partial charge on any atom is -0.490 e. The highest BCUT2D eigenvalue weighted by Gasteiger charge is 2.17. The zero-order chi connectivity index (χ0) is 21.8. The second-order valence-electron chi connectivity index (χ2n) is 6.14. The monoisotopic (exact) mass is 553 g/mol. The molecule has 0 unspecified atom stereocenters. The van der Waals surface area contributed by atoms with Crippen molar-refractivity contribution in [2.75, 3.05) is 13.2 Å². The Balaban J connectivity index is 2.10. The molecule has 30 heavy (non-hydrogen) atoms. The third-order valence-corrected chi connectivity index (χ3v) is 6.02. The summed E-state index contributed by atoms with van der Waals surface area (Å²) in [6.07, 6.45) is 3.14. The predicted molar refractivity (Wildman–Crippen MR) is 127 cm³/mol. The number of aromatic nitrogens is 2. The Bertz CT molecular complexity index is 1210. The lowest BCUT2D eigenvalue weighted by Gasteiger charge is -2.15. The number of fused-ring (bicyclic) bond motifs is 1. The van der Waals surface area contributed by atoms with Gasteiger partial charge in [-0.2, -0.15) is 9.78 Å². The highest BCUT2D eigenvalue weighted by Crippen LogP contribution is 2.42. The van der Waals surface area contributed by atoms with E-state index in [4.69, 9.17) is 21.1 Å². The highest BCUT2D eigenvalue weighted by molar-refractivity contribution is 9.10. The molecule has 0 aliphatic rings. The molecule has 0 aliphatic heterocycles. The molecule has 0 fully saturated rings. The van der Waals surface area contributed by atoms with Crippen LogP contribution in [0, 0.1) is 6.92 Å². The van der Waals surface area contributed by atoms with E-state index >= 15 is 0 Å². The van der Waals surface area contributed by atoms with Gasteiger partial charge in [0.25, 0.3) is 5.56 Å². The van der Waals surface area contributed by atoms with Gasteiger partial charge in [0.2, 0.25) is 0 Å². The summed E-state index contributed by atoms with van der Waals surface area (Å²) in [7, 11) is 0. The molecule has 156 valence electrons. The standard InChI is InChI=1S/C21H18Br2ClN3O3/c1-4-8-30-20-17(29-5-2)9-13(18(23)19(20)24)11-25-27-12(3)26-16-7-6-14(22)10-15(16)21(27)28/h4,6-7,9-11H,1,5,8H2,2-3H3. The van der Waals surface area contributed by atoms with Crippen molar-refractivity contribution in [1.29, 1.82) is 0 Å². The first-order valence-corrected chi connectivity index (χ1v) is 11.0. The van der Waals surface area contributed by atoms with Gasteiger partial charge in [0.1, 0.15) is 17.5 Å². The average Bonchev–Trinajstić information content (AvgIpc) is 2.72. The van der Waals surface area contributed by atoms with Gasteiger partial charge in [-0.05, 0) is 54.0 Å². The molecule has 3 aromatic rings. The summed E-state index contributed by atoms with van der Waals surface area (Å²) in [4.78, 5) is 17.4. The molecule has 0 aliphatic carbocycles. The van der Waals surface area contributed by atoms with Crippen LogP contribution in [0.3, 0.4) is 0 Å². The quantitative estimate of drug-likeness (QED) is 0.276. The topological polar surface area (TPSA) is 65.7 Å². The maximum atomic E-state index is 12.9. The van der Waals surface area contributed by atoms with Crippen LogP contribution in [0.4, 0.5) is 0 Å². The largest absolute Gasteiger partial charge is 0.490 e. The van der Waals surface area contributed by atoms with Gasteiger partial charge < -0.3 is 9.47 Å². The number of hydrogen-bond acceptors (Lipinski definition) is 5. The summed E-state index contributed by atoms with van der Waals surface area (Å²) in [6.45, 7) is 7.95. The molecule has 3 rings (SSSR count). The molecule has 6 nitrogen and oxygen atoms in total. The van der Waals surface area contributed by atoms with Crippen LogP contribution >= 0.6 is 43.5 Å². The van der Waals surface area contributed by atoms with Gasteiger partial charge in [0.15, 0.2) is 11.5 Å². The van der Waals surface area contributed by atoms with Crippen LogP contribution in [-0.4, -0.2) is 29.1 Å². The fourth-order valence-corrected chi connectivity index (χ4v) is 3.77. The molecular weight excluding hydrogens is 538 g/mol. The van der Waals surface area contributed by atoms with E-state index in [2.05, 4.69) is 48.5 Å². The fraction of sp³-hybridized carbons (Fsp3) is 0.190. The summed E-state index contributed by atoms with van der Waals surface area (Å²) >= 11 is 13.3. The van der Waals surface area contributed by atoms with Gasteiger partial charge in [-0.25, -0.2) is 4.98 Å². The number of benzene rings is 2. The average molecular weight is 556 g/mol. The number of rotatable bonds is 7. The van der Waals surface area contributed by atoms with Gasteiger partial charge in [0.05, 0.1) is 23.7 Å². The first-order chi connectivity index (χ1) is 14.4. The Kier molecular flexibility index (Phi) is 7.33. The van der Waals surface area contributed by atoms with E-state index in [9.17, 15) is 4.79 Å². The van der Waals surface area contributed by atoms with Crippen molar-refractivity contribution in [3.8, 4) is 11.5 Å².